The van der Waals surface area contributed by atoms with Crippen molar-refractivity contribution in [2.45, 2.75) is 6.29 Å². The summed E-state index contributed by atoms with van der Waals surface area (Å²) in [6, 6.07) is 18.1. The van der Waals surface area contributed by atoms with Crippen LogP contribution in [-0.4, -0.2) is 19.2 Å². The van der Waals surface area contributed by atoms with Crippen LogP contribution in [0.2, 0.25) is 0 Å². The highest BCUT2D eigenvalue weighted by molar-refractivity contribution is 5.98. The molecule has 1 unspecified atom stereocenters. The third-order valence-corrected chi connectivity index (χ3v) is 4.47. The Balaban J connectivity index is 1.98. The maximum absolute atomic E-state index is 13.9. The maximum Gasteiger partial charge on any atom is 0.227 e. The molecule has 136 valence electrons. The van der Waals surface area contributed by atoms with E-state index < -0.39 is 6.29 Å². The predicted octanol–water partition coefficient (Wildman–Crippen LogP) is 4.82. The zero-order chi connectivity index (χ0) is 18.8. The molecule has 5 heteroatoms. The second-order valence-corrected chi connectivity index (χ2v) is 6.08. The van der Waals surface area contributed by atoms with E-state index in [1.54, 1.807) is 32.5 Å². The van der Waals surface area contributed by atoms with Crippen molar-refractivity contribution in [3.8, 4) is 5.88 Å². The van der Waals surface area contributed by atoms with Gasteiger partial charge >= 0.3 is 0 Å². The third kappa shape index (κ3) is 3.17. The Morgan fingerprint density at radius 1 is 0.963 bits per heavy atom. The SMILES string of the molecule is COc1ccc(C2=C(c3ccccc3)OC(OC)c3cc(F)ccc32)cn1. The summed E-state index contributed by atoms with van der Waals surface area (Å²) in [5, 5.41) is 0. The van der Waals surface area contributed by atoms with E-state index in [0.29, 0.717) is 17.2 Å². The molecule has 1 atom stereocenters. The molecular weight excluding hydrogens is 345 g/mol. The van der Waals surface area contributed by atoms with Gasteiger partial charge < -0.3 is 14.2 Å². The van der Waals surface area contributed by atoms with Gasteiger partial charge in [-0.05, 0) is 23.8 Å². The lowest BCUT2D eigenvalue weighted by atomic mass is 9.89. The van der Waals surface area contributed by atoms with Gasteiger partial charge in [-0.25, -0.2) is 9.37 Å². The number of halogens is 1. The molecule has 4 rings (SSSR count). The first-order valence-corrected chi connectivity index (χ1v) is 8.50. The Labute approximate surface area is 156 Å². The second-order valence-electron chi connectivity index (χ2n) is 6.08. The predicted molar refractivity (Wildman–Crippen MR) is 100 cm³/mol. The number of nitrogens with zero attached hydrogens (tertiary/aromatic N) is 1. The fraction of sp³-hybridized carbons (Fsp3) is 0.136. The van der Waals surface area contributed by atoms with E-state index in [0.717, 1.165) is 22.3 Å². The largest absolute Gasteiger partial charge is 0.481 e. The molecule has 0 aliphatic carbocycles. The standard InChI is InChI=1S/C22H18FNO3/c1-25-19-11-8-15(13-24-19)20-17-10-9-16(23)12-18(17)22(26-2)27-21(20)14-6-4-3-5-7-14/h3-13,22H,1-2H3. The van der Waals surface area contributed by atoms with Crippen molar-refractivity contribution < 1.29 is 18.6 Å². The van der Waals surface area contributed by atoms with Gasteiger partial charge in [0.2, 0.25) is 12.2 Å². The van der Waals surface area contributed by atoms with Crippen LogP contribution in [0.3, 0.4) is 0 Å². The molecule has 0 N–H and O–H groups in total. The highest BCUT2D eigenvalue weighted by Crippen LogP contribution is 2.44. The number of pyridine rings is 1. The highest BCUT2D eigenvalue weighted by Gasteiger charge is 2.30. The van der Waals surface area contributed by atoms with E-state index >= 15 is 0 Å². The molecule has 0 saturated heterocycles. The molecule has 0 saturated carbocycles. The molecule has 4 nitrogen and oxygen atoms in total. The molecule has 3 aromatic rings. The zero-order valence-electron chi connectivity index (χ0n) is 15.0. The van der Waals surface area contributed by atoms with Gasteiger partial charge in [0, 0.05) is 41.6 Å². The van der Waals surface area contributed by atoms with Gasteiger partial charge in [-0.15, -0.1) is 0 Å². The minimum absolute atomic E-state index is 0.338. The lowest BCUT2D eigenvalue weighted by Gasteiger charge is -2.30. The van der Waals surface area contributed by atoms with Crippen molar-refractivity contribution in [3.63, 3.8) is 0 Å². The first-order chi connectivity index (χ1) is 13.2. The van der Waals surface area contributed by atoms with E-state index in [-0.39, 0.29) is 5.82 Å². The maximum atomic E-state index is 13.9. The first-order valence-electron chi connectivity index (χ1n) is 8.50. The Morgan fingerprint density at radius 2 is 1.78 bits per heavy atom. The summed E-state index contributed by atoms with van der Waals surface area (Å²) >= 11 is 0. The van der Waals surface area contributed by atoms with Crippen molar-refractivity contribution >= 4 is 11.3 Å². The molecule has 1 aromatic heterocycles. The topological polar surface area (TPSA) is 40.6 Å². The van der Waals surface area contributed by atoms with Crippen LogP contribution in [0.25, 0.3) is 11.3 Å². The highest BCUT2D eigenvalue weighted by atomic mass is 19.1. The van der Waals surface area contributed by atoms with Crippen molar-refractivity contribution in [2.75, 3.05) is 14.2 Å². The molecule has 0 amide bonds. The number of hydrogen-bond donors (Lipinski definition) is 0. The normalized spacial score (nSPS) is 15.9. The summed E-state index contributed by atoms with van der Waals surface area (Å²) < 4.78 is 30.7. The van der Waals surface area contributed by atoms with Gasteiger partial charge in [-0.2, -0.15) is 0 Å². The minimum Gasteiger partial charge on any atom is -0.481 e. The molecule has 27 heavy (non-hydrogen) atoms. The third-order valence-electron chi connectivity index (χ3n) is 4.47. The quantitative estimate of drug-likeness (QED) is 0.666. The Kier molecular flexibility index (Phi) is 4.60. The average molecular weight is 363 g/mol. The van der Waals surface area contributed by atoms with Gasteiger partial charge in [0.1, 0.15) is 11.6 Å². The lowest BCUT2D eigenvalue weighted by Crippen LogP contribution is -2.16. The summed E-state index contributed by atoms with van der Waals surface area (Å²) in [7, 11) is 3.11. The van der Waals surface area contributed by atoms with Crippen LogP contribution in [0.4, 0.5) is 4.39 Å². The number of ether oxygens (including phenoxy) is 3. The molecule has 0 radical (unpaired) electrons. The van der Waals surface area contributed by atoms with Crippen LogP contribution in [0.5, 0.6) is 5.88 Å². The van der Waals surface area contributed by atoms with Crippen molar-refractivity contribution in [3.05, 3.63) is 94.9 Å². The number of hydrogen-bond acceptors (Lipinski definition) is 4. The van der Waals surface area contributed by atoms with Crippen LogP contribution >= 0.6 is 0 Å². The van der Waals surface area contributed by atoms with E-state index in [1.165, 1.54) is 12.1 Å². The summed E-state index contributed by atoms with van der Waals surface area (Å²) in [6.07, 6.45) is 1.03. The van der Waals surface area contributed by atoms with Gasteiger partial charge in [0.25, 0.3) is 0 Å². The Bertz CT molecular complexity index is 984. The Morgan fingerprint density at radius 3 is 2.44 bits per heavy atom. The molecule has 0 spiro atoms. The molecule has 1 aliphatic rings. The Hall–Kier alpha value is -3.18. The number of rotatable bonds is 4. The number of aromatic nitrogens is 1. The van der Waals surface area contributed by atoms with Crippen LogP contribution in [0, 0.1) is 5.82 Å². The van der Waals surface area contributed by atoms with Crippen molar-refractivity contribution in [1.82, 2.24) is 4.98 Å². The minimum atomic E-state index is -0.694. The van der Waals surface area contributed by atoms with Crippen molar-refractivity contribution in [2.24, 2.45) is 0 Å². The van der Waals surface area contributed by atoms with E-state index in [2.05, 4.69) is 4.98 Å². The summed E-state index contributed by atoms with van der Waals surface area (Å²) in [5.74, 6) is 0.842. The van der Waals surface area contributed by atoms with Crippen molar-refractivity contribution in [1.29, 1.82) is 0 Å². The van der Waals surface area contributed by atoms with Crippen LogP contribution in [0.15, 0.2) is 66.9 Å². The van der Waals surface area contributed by atoms with Gasteiger partial charge in [0.05, 0.1) is 7.11 Å². The van der Waals surface area contributed by atoms with E-state index in [4.69, 9.17) is 14.2 Å². The van der Waals surface area contributed by atoms with Crippen LogP contribution in [-0.2, 0) is 9.47 Å². The first kappa shape index (κ1) is 17.2. The molecular formula is C22H18FNO3. The zero-order valence-corrected chi connectivity index (χ0v) is 15.0. The molecule has 1 aliphatic heterocycles. The molecule has 0 bridgehead atoms. The monoisotopic (exact) mass is 363 g/mol. The summed E-state index contributed by atoms with van der Waals surface area (Å²) in [4.78, 5) is 4.31. The van der Waals surface area contributed by atoms with E-state index in [1.807, 2.05) is 36.4 Å². The van der Waals surface area contributed by atoms with Gasteiger partial charge in [0.15, 0.2) is 0 Å². The summed E-state index contributed by atoms with van der Waals surface area (Å²) in [5.41, 5.74) is 4.07. The van der Waals surface area contributed by atoms with Gasteiger partial charge in [-0.3, -0.25) is 0 Å². The number of fused-ring (bicyclic) bond motifs is 1. The molecule has 2 aromatic carbocycles. The van der Waals surface area contributed by atoms with E-state index in [9.17, 15) is 4.39 Å². The average Bonchev–Trinajstić information content (AvgIpc) is 2.73. The fourth-order valence-electron chi connectivity index (χ4n) is 3.22. The van der Waals surface area contributed by atoms with Crippen LogP contribution in [0.1, 0.15) is 28.5 Å². The summed E-state index contributed by atoms with van der Waals surface area (Å²) in [6.45, 7) is 0. The molecule has 0 fully saturated rings. The molecule has 2 heterocycles. The lowest BCUT2D eigenvalue weighted by molar-refractivity contribution is -0.0770. The fourth-order valence-corrected chi connectivity index (χ4v) is 3.22. The number of methoxy groups -OCH3 is 2. The smallest absolute Gasteiger partial charge is 0.227 e. The second kappa shape index (κ2) is 7.21. The van der Waals surface area contributed by atoms with Gasteiger partial charge in [-0.1, -0.05) is 36.4 Å². The number of benzene rings is 2. The van der Waals surface area contributed by atoms with Crippen LogP contribution < -0.4 is 4.74 Å².